The zero-order chi connectivity index (χ0) is 14.7. The molecule has 3 N–H and O–H groups in total. The van der Waals surface area contributed by atoms with E-state index in [2.05, 4.69) is 30.2 Å². The summed E-state index contributed by atoms with van der Waals surface area (Å²) in [6.45, 7) is 1.73. The monoisotopic (exact) mass is 290 g/mol. The van der Waals surface area contributed by atoms with Crippen molar-refractivity contribution in [1.82, 2.24) is 25.3 Å². The first-order valence-corrected chi connectivity index (χ1v) is 7.07. The molecule has 0 saturated carbocycles. The molecule has 0 bridgehead atoms. The molecule has 0 radical (unpaired) electrons. The maximum absolute atomic E-state index is 12.0. The van der Waals surface area contributed by atoms with Crippen molar-refractivity contribution in [2.75, 3.05) is 31.1 Å². The number of hydrogen-bond acceptors (Lipinski definition) is 6. The van der Waals surface area contributed by atoms with Gasteiger partial charge in [0.2, 0.25) is 5.91 Å². The van der Waals surface area contributed by atoms with Crippen LogP contribution in [0.2, 0.25) is 0 Å². The topological polar surface area (TPSA) is 107 Å². The molecule has 2 aromatic heterocycles. The van der Waals surface area contributed by atoms with E-state index >= 15 is 0 Å². The van der Waals surface area contributed by atoms with E-state index in [1.165, 1.54) is 6.33 Å². The van der Waals surface area contributed by atoms with Crippen LogP contribution in [0, 0.1) is 5.92 Å². The first kappa shape index (κ1) is 13.7. The van der Waals surface area contributed by atoms with Gasteiger partial charge in [0.15, 0.2) is 11.5 Å². The average molecular weight is 290 g/mol. The molecule has 1 atom stereocenters. The number of nitrogens with one attached hydrogen (secondary N) is 2. The van der Waals surface area contributed by atoms with Crippen LogP contribution in [0.5, 0.6) is 0 Å². The Balaban J connectivity index is 1.77. The van der Waals surface area contributed by atoms with Gasteiger partial charge in [-0.25, -0.2) is 15.0 Å². The fourth-order valence-electron chi connectivity index (χ4n) is 2.70. The average Bonchev–Trinajstić information content (AvgIpc) is 3.01. The number of rotatable bonds is 4. The van der Waals surface area contributed by atoms with Crippen molar-refractivity contribution in [2.45, 2.75) is 12.8 Å². The van der Waals surface area contributed by atoms with Gasteiger partial charge in [0.05, 0.1) is 18.9 Å². The molecule has 3 rings (SSSR count). The maximum Gasteiger partial charge on any atom is 0.224 e. The maximum atomic E-state index is 12.0. The molecule has 1 saturated heterocycles. The number of carbonyl (C=O) groups is 1. The second-order valence-corrected chi connectivity index (χ2v) is 5.10. The Morgan fingerprint density at radius 1 is 1.48 bits per heavy atom. The first-order valence-electron chi connectivity index (χ1n) is 7.07. The highest BCUT2D eigenvalue weighted by Gasteiger charge is 2.27. The predicted octanol–water partition coefficient (Wildman–Crippen LogP) is -0.322. The van der Waals surface area contributed by atoms with E-state index in [1.54, 1.807) is 6.33 Å². The number of H-pyrrole nitrogens is 1. The fourth-order valence-corrected chi connectivity index (χ4v) is 2.70. The summed E-state index contributed by atoms with van der Waals surface area (Å²) in [5.74, 6) is 0.694. The van der Waals surface area contributed by atoms with E-state index in [9.17, 15) is 4.79 Å². The summed E-state index contributed by atoms with van der Waals surface area (Å²) in [5, 5.41) is 11.5. The molecule has 0 unspecified atom stereocenters. The lowest BCUT2D eigenvalue weighted by Gasteiger charge is -2.32. The van der Waals surface area contributed by atoms with Crippen LogP contribution in [-0.4, -0.2) is 57.2 Å². The van der Waals surface area contributed by atoms with Gasteiger partial charge in [0.1, 0.15) is 11.8 Å². The molecular weight excluding hydrogens is 272 g/mol. The van der Waals surface area contributed by atoms with E-state index < -0.39 is 0 Å². The smallest absolute Gasteiger partial charge is 0.224 e. The third kappa shape index (κ3) is 2.80. The van der Waals surface area contributed by atoms with Gasteiger partial charge in [-0.3, -0.25) is 4.79 Å². The summed E-state index contributed by atoms with van der Waals surface area (Å²) < 4.78 is 0. The van der Waals surface area contributed by atoms with Gasteiger partial charge in [-0.2, -0.15) is 0 Å². The quantitative estimate of drug-likeness (QED) is 0.712. The second-order valence-electron chi connectivity index (χ2n) is 5.10. The molecule has 112 valence electrons. The van der Waals surface area contributed by atoms with Crippen molar-refractivity contribution < 1.29 is 9.90 Å². The lowest BCUT2D eigenvalue weighted by molar-refractivity contribution is -0.125. The van der Waals surface area contributed by atoms with E-state index in [4.69, 9.17) is 5.11 Å². The van der Waals surface area contributed by atoms with Gasteiger partial charge in [0.25, 0.3) is 0 Å². The molecule has 1 aliphatic heterocycles. The number of hydrogen-bond donors (Lipinski definition) is 3. The summed E-state index contributed by atoms with van der Waals surface area (Å²) in [6.07, 6.45) is 4.87. The summed E-state index contributed by atoms with van der Waals surface area (Å²) in [4.78, 5) is 29.8. The van der Waals surface area contributed by atoms with E-state index in [0.29, 0.717) is 18.7 Å². The number of carbonyl (C=O) groups excluding carboxylic acids is 1. The Hall–Kier alpha value is -2.22. The standard InChI is InChI=1S/C13H18N6O2/c20-5-3-14-13(21)9-2-1-4-19(6-9)12-10-11(16-7-15-10)17-8-18-12/h7-9,20H,1-6H2,(H,14,21)(H,15,16,17,18)/t9-/m1/s1. The summed E-state index contributed by atoms with van der Waals surface area (Å²) >= 11 is 0. The fraction of sp³-hybridized carbons (Fsp3) is 0.538. The molecule has 8 nitrogen and oxygen atoms in total. The van der Waals surface area contributed by atoms with Gasteiger partial charge in [0, 0.05) is 19.6 Å². The number of aliphatic hydroxyl groups excluding tert-OH is 1. The Morgan fingerprint density at radius 2 is 2.38 bits per heavy atom. The minimum atomic E-state index is -0.0850. The molecule has 0 aromatic carbocycles. The van der Waals surface area contributed by atoms with Crippen molar-refractivity contribution >= 4 is 22.9 Å². The SMILES string of the molecule is O=C(NCCO)[C@@H]1CCCN(c2ncnc3nc[nH]c23)C1. The van der Waals surface area contributed by atoms with Crippen molar-refractivity contribution in [3.63, 3.8) is 0 Å². The minimum Gasteiger partial charge on any atom is -0.395 e. The third-order valence-corrected chi connectivity index (χ3v) is 3.71. The molecule has 8 heteroatoms. The molecule has 21 heavy (non-hydrogen) atoms. The number of piperidine rings is 1. The normalized spacial score (nSPS) is 18.9. The highest BCUT2D eigenvalue weighted by Crippen LogP contribution is 2.25. The lowest BCUT2D eigenvalue weighted by atomic mass is 9.97. The van der Waals surface area contributed by atoms with Crippen molar-refractivity contribution in [1.29, 1.82) is 0 Å². The number of aromatic nitrogens is 4. The Morgan fingerprint density at radius 3 is 3.24 bits per heavy atom. The van der Waals surface area contributed by atoms with Gasteiger partial charge >= 0.3 is 0 Å². The Labute approximate surface area is 121 Å². The van der Waals surface area contributed by atoms with E-state index in [0.717, 1.165) is 30.7 Å². The Kier molecular flexibility index (Phi) is 3.96. The summed E-state index contributed by atoms with van der Waals surface area (Å²) in [5.41, 5.74) is 1.43. The number of fused-ring (bicyclic) bond motifs is 1. The van der Waals surface area contributed by atoms with E-state index in [1.807, 2.05) is 0 Å². The van der Waals surface area contributed by atoms with Crippen LogP contribution in [0.25, 0.3) is 11.2 Å². The van der Waals surface area contributed by atoms with Crippen molar-refractivity contribution in [3.8, 4) is 0 Å². The van der Waals surface area contributed by atoms with E-state index in [-0.39, 0.29) is 18.4 Å². The molecule has 2 aromatic rings. The minimum absolute atomic E-state index is 0.0105. The van der Waals surface area contributed by atoms with Gasteiger partial charge in [-0.05, 0) is 12.8 Å². The zero-order valence-corrected chi connectivity index (χ0v) is 11.6. The van der Waals surface area contributed by atoms with Gasteiger partial charge in [-0.15, -0.1) is 0 Å². The van der Waals surface area contributed by atoms with Crippen LogP contribution >= 0.6 is 0 Å². The zero-order valence-electron chi connectivity index (χ0n) is 11.6. The number of anilines is 1. The van der Waals surface area contributed by atoms with Gasteiger partial charge < -0.3 is 20.3 Å². The van der Waals surface area contributed by atoms with Crippen LogP contribution < -0.4 is 10.2 Å². The molecule has 1 aliphatic rings. The second kappa shape index (κ2) is 6.04. The molecule has 0 spiro atoms. The molecule has 3 heterocycles. The van der Waals surface area contributed by atoms with Crippen LogP contribution in [0.4, 0.5) is 5.82 Å². The van der Waals surface area contributed by atoms with Crippen LogP contribution in [0.3, 0.4) is 0 Å². The Bertz CT molecular complexity index is 628. The number of aromatic amines is 1. The lowest BCUT2D eigenvalue weighted by Crippen LogP contribution is -2.44. The molecular formula is C13H18N6O2. The number of amides is 1. The number of nitrogens with zero attached hydrogens (tertiary/aromatic N) is 4. The van der Waals surface area contributed by atoms with Crippen LogP contribution in [0.1, 0.15) is 12.8 Å². The van der Waals surface area contributed by atoms with Crippen LogP contribution in [-0.2, 0) is 4.79 Å². The van der Waals surface area contributed by atoms with Crippen molar-refractivity contribution in [2.24, 2.45) is 5.92 Å². The van der Waals surface area contributed by atoms with Crippen LogP contribution in [0.15, 0.2) is 12.7 Å². The number of aliphatic hydroxyl groups is 1. The van der Waals surface area contributed by atoms with Crippen molar-refractivity contribution in [3.05, 3.63) is 12.7 Å². The largest absolute Gasteiger partial charge is 0.395 e. The first-order chi connectivity index (χ1) is 10.3. The molecule has 1 fully saturated rings. The van der Waals surface area contributed by atoms with Gasteiger partial charge in [-0.1, -0.05) is 0 Å². The summed E-state index contributed by atoms with van der Waals surface area (Å²) in [7, 11) is 0. The highest BCUT2D eigenvalue weighted by atomic mass is 16.3. The third-order valence-electron chi connectivity index (χ3n) is 3.71. The summed E-state index contributed by atoms with van der Waals surface area (Å²) in [6, 6.07) is 0. The molecule has 1 amide bonds. The number of imidazole rings is 1. The molecule has 0 aliphatic carbocycles. The predicted molar refractivity (Wildman–Crippen MR) is 76.7 cm³/mol. The highest BCUT2D eigenvalue weighted by molar-refractivity contribution is 5.84.